The van der Waals surface area contributed by atoms with Gasteiger partial charge in [0.1, 0.15) is 0 Å². The SMILES string of the molecule is CCCCC(CN(O)C=O)C(=O)NN1CCCC1. The fourth-order valence-electron chi connectivity index (χ4n) is 2.10. The zero-order valence-electron chi connectivity index (χ0n) is 11.0. The second-order valence-electron chi connectivity index (χ2n) is 4.74. The lowest BCUT2D eigenvalue weighted by Crippen LogP contribution is -2.45. The highest BCUT2D eigenvalue weighted by Gasteiger charge is 2.23. The Kier molecular flexibility index (Phi) is 6.67. The normalized spacial score (nSPS) is 17.4. The molecule has 18 heavy (non-hydrogen) atoms. The van der Waals surface area contributed by atoms with Crippen molar-refractivity contribution in [3.05, 3.63) is 0 Å². The number of carbonyl (C=O) groups is 2. The van der Waals surface area contributed by atoms with E-state index in [-0.39, 0.29) is 18.4 Å². The summed E-state index contributed by atoms with van der Waals surface area (Å²) in [5.74, 6) is -0.452. The molecule has 6 nitrogen and oxygen atoms in total. The summed E-state index contributed by atoms with van der Waals surface area (Å²) in [6, 6.07) is 0. The van der Waals surface area contributed by atoms with Crippen molar-refractivity contribution in [2.24, 2.45) is 5.92 Å². The second-order valence-corrected chi connectivity index (χ2v) is 4.74. The van der Waals surface area contributed by atoms with Gasteiger partial charge in [0.15, 0.2) is 0 Å². The molecule has 2 N–H and O–H groups in total. The highest BCUT2D eigenvalue weighted by atomic mass is 16.5. The van der Waals surface area contributed by atoms with Crippen LogP contribution >= 0.6 is 0 Å². The molecule has 0 radical (unpaired) electrons. The number of nitrogens with zero attached hydrogens (tertiary/aromatic N) is 2. The van der Waals surface area contributed by atoms with Gasteiger partial charge in [0.25, 0.3) is 0 Å². The summed E-state index contributed by atoms with van der Waals surface area (Å²) in [6.07, 6.45) is 5.11. The minimum atomic E-state index is -0.347. The molecule has 1 fully saturated rings. The summed E-state index contributed by atoms with van der Waals surface area (Å²) in [5.41, 5.74) is 2.86. The molecule has 1 atom stereocenters. The number of hydrogen-bond donors (Lipinski definition) is 2. The topological polar surface area (TPSA) is 72.9 Å². The molecular weight excluding hydrogens is 234 g/mol. The monoisotopic (exact) mass is 257 g/mol. The third-order valence-electron chi connectivity index (χ3n) is 3.18. The molecular formula is C12H23N3O3. The van der Waals surface area contributed by atoms with Crippen LogP contribution in [-0.2, 0) is 9.59 Å². The van der Waals surface area contributed by atoms with E-state index in [1.165, 1.54) is 0 Å². The van der Waals surface area contributed by atoms with E-state index in [9.17, 15) is 14.8 Å². The largest absolute Gasteiger partial charge is 0.289 e. The molecule has 104 valence electrons. The predicted octanol–water partition coefficient (Wildman–Crippen LogP) is 0.767. The zero-order valence-corrected chi connectivity index (χ0v) is 11.0. The molecule has 1 rings (SSSR count). The van der Waals surface area contributed by atoms with E-state index >= 15 is 0 Å². The van der Waals surface area contributed by atoms with Crippen molar-refractivity contribution in [1.82, 2.24) is 15.5 Å². The van der Waals surface area contributed by atoms with Crippen LogP contribution in [0, 0.1) is 5.92 Å². The van der Waals surface area contributed by atoms with Gasteiger partial charge < -0.3 is 0 Å². The van der Waals surface area contributed by atoms with Crippen molar-refractivity contribution >= 4 is 12.3 Å². The number of hydrogen-bond acceptors (Lipinski definition) is 4. The molecule has 1 aliphatic rings. The molecule has 1 aliphatic heterocycles. The average molecular weight is 257 g/mol. The van der Waals surface area contributed by atoms with Crippen molar-refractivity contribution in [2.45, 2.75) is 39.0 Å². The van der Waals surface area contributed by atoms with Crippen LogP contribution < -0.4 is 5.43 Å². The lowest BCUT2D eigenvalue weighted by atomic mass is 10.0. The van der Waals surface area contributed by atoms with Crippen LogP contribution in [0.4, 0.5) is 0 Å². The van der Waals surface area contributed by atoms with Gasteiger partial charge in [-0.1, -0.05) is 19.8 Å². The van der Waals surface area contributed by atoms with Crippen LogP contribution in [0.3, 0.4) is 0 Å². The summed E-state index contributed by atoms with van der Waals surface area (Å²) in [5, 5.41) is 11.7. The van der Waals surface area contributed by atoms with Gasteiger partial charge >= 0.3 is 0 Å². The van der Waals surface area contributed by atoms with Gasteiger partial charge in [-0.05, 0) is 19.3 Å². The zero-order chi connectivity index (χ0) is 13.4. The Bertz CT molecular complexity index is 267. The van der Waals surface area contributed by atoms with E-state index in [1.807, 2.05) is 11.9 Å². The molecule has 0 aromatic rings. The van der Waals surface area contributed by atoms with Gasteiger partial charge in [0.2, 0.25) is 12.3 Å². The van der Waals surface area contributed by atoms with E-state index in [0.717, 1.165) is 38.8 Å². The van der Waals surface area contributed by atoms with Crippen LogP contribution in [0.25, 0.3) is 0 Å². The Balaban J connectivity index is 2.45. The minimum absolute atomic E-state index is 0.0587. The molecule has 1 heterocycles. The Hall–Kier alpha value is -1.14. The molecule has 0 saturated carbocycles. The highest BCUT2D eigenvalue weighted by Crippen LogP contribution is 2.11. The summed E-state index contributed by atoms with van der Waals surface area (Å²) in [6.45, 7) is 3.86. The van der Waals surface area contributed by atoms with E-state index in [0.29, 0.717) is 17.9 Å². The summed E-state index contributed by atoms with van der Waals surface area (Å²) in [4.78, 5) is 22.5. The van der Waals surface area contributed by atoms with E-state index < -0.39 is 0 Å². The standard InChI is InChI=1S/C12H23N3O3/c1-2-3-6-11(9-15(18)10-16)12(17)13-14-7-4-5-8-14/h10-11,18H,2-9H2,1H3,(H,13,17). The molecule has 0 spiro atoms. The fraction of sp³-hybridized carbons (Fsp3) is 0.833. The molecule has 0 aromatic heterocycles. The lowest BCUT2D eigenvalue weighted by Gasteiger charge is -2.23. The highest BCUT2D eigenvalue weighted by molar-refractivity contribution is 5.78. The molecule has 2 amide bonds. The number of carbonyl (C=O) groups excluding carboxylic acids is 2. The Morgan fingerprint density at radius 3 is 2.72 bits per heavy atom. The molecule has 0 aliphatic carbocycles. The first-order valence-electron chi connectivity index (χ1n) is 6.63. The first-order valence-corrected chi connectivity index (χ1v) is 6.63. The number of amides is 2. The number of hydrazine groups is 1. The Morgan fingerprint density at radius 1 is 1.50 bits per heavy atom. The third-order valence-corrected chi connectivity index (χ3v) is 3.18. The van der Waals surface area contributed by atoms with Crippen molar-refractivity contribution in [3.8, 4) is 0 Å². The van der Waals surface area contributed by atoms with Crippen LogP contribution in [0.5, 0.6) is 0 Å². The van der Waals surface area contributed by atoms with Crippen LogP contribution in [0.1, 0.15) is 39.0 Å². The summed E-state index contributed by atoms with van der Waals surface area (Å²) in [7, 11) is 0. The number of unbranched alkanes of at least 4 members (excludes halogenated alkanes) is 1. The maximum Gasteiger partial charge on any atom is 0.239 e. The molecule has 1 unspecified atom stereocenters. The van der Waals surface area contributed by atoms with Gasteiger partial charge in [0, 0.05) is 13.1 Å². The first-order chi connectivity index (χ1) is 8.67. The summed E-state index contributed by atoms with van der Waals surface area (Å²) < 4.78 is 0. The predicted molar refractivity (Wildman–Crippen MR) is 66.5 cm³/mol. The van der Waals surface area contributed by atoms with Crippen molar-refractivity contribution in [2.75, 3.05) is 19.6 Å². The minimum Gasteiger partial charge on any atom is -0.289 e. The van der Waals surface area contributed by atoms with Crippen molar-refractivity contribution in [3.63, 3.8) is 0 Å². The van der Waals surface area contributed by atoms with Crippen molar-refractivity contribution < 1.29 is 14.8 Å². The van der Waals surface area contributed by atoms with Gasteiger partial charge in [0.05, 0.1) is 12.5 Å². The quantitative estimate of drug-likeness (QED) is 0.383. The lowest BCUT2D eigenvalue weighted by molar-refractivity contribution is -0.155. The second kappa shape index (κ2) is 8.05. The summed E-state index contributed by atoms with van der Waals surface area (Å²) >= 11 is 0. The van der Waals surface area contributed by atoms with Gasteiger partial charge in [-0.2, -0.15) is 0 Å². The first kappa shape index (κ1) is 14.9. The third kappa shape index (κ3) is 5.01. The Morgan fingerprint density at radius 2 is 2.17 bits per heavy atom. The van der Waals surface area contributed by atoms with E-state index in [4.69, 9.17) is 0 Å². The van der Waals surface area contributed by atoms with Gasteiger partial charge in [-0.15, -0.1) is 0 Å². The van der Waals surface area contributed by atoms with Gasteiger partial charge in [-0.25, -0.2) is 10.1 Å². The Labute approximate surface area is 108 Å². The number of nitrogens with one attached hydrogen (secondary N) is 1. The fourth-order valence-corrected chi connectivity index (χ4v) is 2.10. The average Bonchev–Trinajstić information content (AvgIpc) is 2.86. The van der Waals surface area contributed by atoms with Gasteiger partial charge in [-0.3, -0.25) is 20.2 Å². The number of rotatable bonds is 8. The molecule has 0 bridgehead atoms. The maximum absolute atomic E-state index is 12.1. The van der Waals surface area contributed by atoms with Crippen LogP contribution in [0.2, 0.25) is 0 Å². The van der Waals surface area contributed by atoms with E-state index in [1.54, 1.807) is 0 Å². The van der Waals surface area contributed by atoms with E-state index in [2.05, 4.69) is 5.43 Å². The van der Waals surface area contributed by atoms with Crippen molar-refractivity contribution in [1.29, 1.82) is 0 Å². The molecule has 0 aromatic carbocycles. The molecule has 1 saturated heterocycles. The molecule has 6 heteroatoms. The number of hydroxylamine groups is 2. The van der Waals surface area contributed by atoms with Crippen LogP contribution in [-0.4, -0.2) is 47.2 Å². The smallest absolute Gasteiger partial charge is 0.239 e. The maximum atomic E-state index is 12.1. The van der Waals surface area contributed by atoms with Crippen LogP contribution in [0.15, 0.2) is 0 Å².